The molecule has 1 aromatic rings. The Labute approximate surface area is 73.2 Å². The van der Waals surface area contributed by atoms with Crippen LogP contribution in [0.1, 0.15) is 30.8 Å². The summed E-state index contributed by atoms with van der Waals surface area (Å²) in [4.78, 5) is 10.5. The molecule has 0 aliphatic rings. The van der Waals surface area contributed by atoms with Gasteiger partial charge in [-0.25, -0.2) is 0 Å². The van der Waals surface area contributed by atoms with E-state index in [1.807, 2.05) is 22.9 Å². The summed E-state index contributed by atoms with van der Waals surface area (Å²) in [6.45, 7) is 5.29. The van der Waals surface area contributed by atoms with Crippen LogP contribution in [0.4, 0.5) is 0 Å². The first kappa shape index (κ1) is 9.04. The Bertz CT molecular complexity index is 252. The highest BCUT2D eigenvalue weighted by Gasteiger charge is 2.02. The molecule has 0 saturated heterocycles. The number of aldehydes is 1. The number of carbonyl (C=O) groups excluding carboxylic acids is 1. The van der Waals surface area contributed by atoms with E-state index in [2.05, 4.69) is 13.8 Å². The molecule has 0 saturated carbocycles. The van der Waals surface area contributed by atoms with Gasteiger partial charge in [0.05, 0.1) is 5.69 Å². The molecule has 0 amide bonds. The van der Waals surface area contributed by atoms with Gasteiger partial charge in [0.2, 0.25) is 0 Å². The number of nitrogens with zero attached hydrogens (tertiary/aromatic N) is 1. The zero-order valence-corrected chi connectivity index (χ0v) is 7.66. The highest BCUT2D eigenvalue weighted by molar-refractivity contribution is 5.72. The molecule has 2 heteroatoms. The van der Waals surface area contributed by atoms with E-state index < -0.39 is 0 Å². The van der Waals surface area contributed by atoms with Crippen molar-refractivity contribution >= 4 is 6.29 Å². The fourth-order valence-corrected chi connectivity index (χ4v) is 1.17. The van der Waals surface area contributed by atoms with Crippen molar-refractivity contribution in [3.63, 3.8) is 0 Å². The molecule has 0 N–H and O–H groups in total. The Morgan fingerprint density at radius 1 is 1.67 bits per heavy atom. The lowest BCUT2D eigenvalue weighted by Gasteiger charge is -2.10. The molecule has 1 heterocycles. The van der Waals surface area contributed by atoms with Gasteiger partial charge in [0.25, 0.3) is 0 Å². The molecular weight excluding hydrogens is 150 g/mol. The Morgan fingerprint density at radius 3 is 3.00 bits per heavy atom. The van der Waals surface area contributed by atoms with Crippen LogP contribution < -0.4 is 0 Å². The Balaban J connectivity index is 2.67. The van der Waals surface area contributed by atoms with Crippen molar-refractivity contribution in [3.8, 4) is 0 Å². The predicted octanol–water partition coefficient (Wildman–Crippen LogP) is 2.35. The first-order valence-corrected chi connectivity index (χ1v) is 4.38. The molecule has 0 aliphatic carbocycles. The van der Waals surface area contributed by atoms with Gasteiger partial charge in [-0.2, -0.15) is 0 Å². The number of rotatable bonds is 4. The summed E-state index contributed by atoms with van der Waals surface area (Å²) in [5.41, 5.74) is 0.773. The van der Waals surface area contributed by atoms with Crippen molar-refractivity contribution in [1.82, 2.24) is 4.57 Å². The third-order valence-corrected chi connectivity index (χ3v) is 2.19. The van der Waals surface area contributed by atoms with Crippen molar-refractivity contribution < 1.29 is 4.79 Å². The van der Waals surface area contributed by atoms with Gasteiger partial charge in [0.1, 0.15) is 0 Å². The Kier molecular flexibility index (Phi) is 3.09. The minimum absolute atomic E-state index is 0.635. The second-order valence-corrected chi connectivity index (χ2v) is 3.22. The van der Waals surface area contributed by atoms with E-state index in [4.69, 9.17) is 0 Å². The van der Waals surface area contributed by atoms with Crippen LogP contribution in [-0.2, 0) is 6.54 Å². The molecule has 1 atom stereocenters. The first-order chi connectivity index (χ1) is 5.77. The molecule has 0 bridgehead atoms. The zero-order chi connectivity index (χ0) is 8.97. The van der Waals surface area contributed by atoms with E-state index in [9.17, 15) is 4.79 Å². The van der Waals surface area contributed by atoms with Crippen LogP contribution in [0.3, 0.4) is 0 Å². The minimum Gasteiger partial charge on any atom is -0.345 e. The minimum atomic E-state index is 0.635. The van der Waals surface area contributed by atoms with Gasteiger partial charge >= 0.3 is 0 Å². The molecule has 1 aromatic heterocycles. The summed E-state index contributed by atoms with van der Waals surface area (Å²) >= 11 is 0. The standard InChI is InChI=1S/C10H15NO/c1-3-9(2)7-11-6-4-5-10(11)8-12/h4-6,8-9H,3,7H2,1-2H3/t9-/m0/s1. The average Bonchev–Trinajstić information content (AvgIpc) is 2.51. The number of hydrogen-bond donors (Lipinski definition) is 0. The van der Waals surface area contributed by atoms with Crippen molar-refractivity contribution in [2.75, 3.05) is 0 Å². The lowest BCUT2D eigenvalue weighted by atomic mass is 10.1. The normalized spacial score (nSPS) is 12.8. The summed E-state index contributed by atoms with van der Waals surface area (Å²) in [6, 6.07) is 3.75. The maximum absolute atomic E-state index is 10.5. The van der Waals surface area contributed by atoms with E-state index >= 15 is 0 Å². The van der Waals surface area contributed by atoms with Gasteiger partial charge in [0.15, 0.2) is 6.29 Å². The van der Waals surface area contributed by atoms with Gasteiger partial charge in [-0.3, -0.25) is 4.79 Å². The van der Waals surface area contributed by atoms with Gasteiger partial charge in [-0.1, -0.05) is 20.3 Å². The van der Waals surface area contributed by atoms with Crippen LogP contribution in [0.5, 0.6) is 0 Å². The maximum atomic E-state index is 10.5. The summed E-state index contributed by atoms with van der Waals surface area (Å²) in [6.07, 6.45) is 4.01. The van der Waals surface area contributed by atoms with E-state index in [0.29, 0.717) is 5.92 Å². The first-order valence-electron chi connectivity index (χ1n) is 4.38. The third kappa shape index (κ3) is 1.97. The second kappa shape index (κ2) is 4.10. The number of carbonyl (C=O) groups is 1. The summed E-state index contributed by atoms with van der Waals surface area (Å²) in [5, 5.41) is 0. The van der Waals surface area contributed by atoms with Crippen molar-refractivity contribution in [2.24, 2.45) is 5.92 Å². The van der Waals surface area contributed by atoms with Crippen LogP contribution in [0.2, 0.25) is 0 Å². The summed E-state index contributed by atoms with van der Waals surface area (Å²) in [7, 11) is 0. The molecule has 0 spiro atoms. The molecule has 12 heavy (non-hydrogen) atoms. The quantitative estimate of drug-likeness (QED) is 0.628. The van der Waals surface area contributed by atoms with E-state index in [1.54, 1.807) is 0 Å². The Morgan fingerprint density at radius 2 is 2.42 bits per heavy atom. The second-order valence-electron chi connectivity index (χ2n) is 3.22. The van der Waals surface area contributed by atoms with Crippen LogP contribution >= 0.6 is 0 Å². The van der Waals surface area contributed by atoms with Gasteiger partial charge in [0, 0.05) is 12.7 Å². The SMILES string of the molecule is CC[C@H](C)Cn1cccc1C=O. The highest BCUT2D eigenvalue weighted by atomic mass is 16.1. The highest BCUT2D eigenvalue weighted by Crippen LogP contribution is 2.07. The smallest absolute Gasteiger partial charge is 0.166 e. The molecule has 0 radical (unpaired) electrons. The van der Waals surface area contributed by atoms with Crippen molar-refractivity contribution in [3.05, 3.63) is 24.0 Å². The number of hydrogen-bond acceptors (Lipinski definition) is 1. The monoisotopic (exact) mass is 165 g/mol. The van der Waals surface area contributed by atoms with E-state index in [1.165, 1.54) is 0 Å². The fourth-order valence-electron chi connectivity index (χ4n) is 1.17. The van der Waals surface area contributed by atoms with Crippen LogP contribution in [-0.4, -0.2) is 10.9 Å². The Hall–Kier alpha value is -1.05. The van der Waals surface area contributed by atoms with Crippen LogP contribution in [0, 0.1) is 5.92 Å². The molecule has 0 aliphatic heterocycles. The third-order valence-electron chi connectivity index (χ3n) is 2.19. The molecule has 0 aromatic carbocycles. The summed E-state index contributed by atoms with van der Waals surface area (Å²) in [5.74, 6) is 0.635. The average molecular weight is 165 g/mol. The van der Waals surface area contributed by atoms with E-state index in [-0.39, 0.29) is 0 Å². The largest absolute Gasteiger partial charge is 0.345 e. The van der Waals surface area contributed by atoms with Crippen molar-refractivity contribution in [1.29, 1.82) is 0 Å². The van der Waals surface area contributed by atoms with Gasteiger partial charge < -0.3 is 4.57 Å². The van der Waals surface area contributed by atoms with Crippen molar-refractivity contribution in [2.45, 2.75) is 26.8 Å². The summed E-state index contributed by atoms with van der Waals surface area (Å²) < 4.78 is 2.00. The van der Waals surface area contributed by atoms with Gasteiger partial charge in [-0.05, 0) is 18.1 Å². The lowest BCUT2D eigenvalue weighted by molar-refractivity contribution is 0.111. The molecule has 2 nitrogen and oxygen atoms in total. The molecule has 66 valence electrons. The van der Waals surface area contributed by atoms with Crippen LogP contribution in [0.15, 0.2) is 18.3 Å². The molecule has 1 rings (SSSR count). The van der Waals surface area contributed by atoms with Gasteiger partial charge in [-0.15, -0.1) is 0 Å². The fraction of sp³-hybridized carbons (Fsp3) is 0.500. The molecule has 0 unspecified atom stereocenters. The zero-order valence-electron chi connectivity index (χ0n) is 7.66. The van der Waals surface area contributed by atoms with Crippen LogP contribution in [0.25, 0.3) is 0 Å². The molecular formula is C10H15NO. The number of aromatic nitrogens is 1. The van der Waals surface area contributed by atoms with E-state index in [0.717, 1.165) is 24.9 Å². The maximum Gasteiger partial charge on any atom is 0.166 e. The topological polar surface area (TPSA) is 22.0 Å². The molecule has 0 fully saturated rings. The predicted molar refractivity (Wildman–Crippen MR) is 49.3 cm³/mol. The lowest BCUT2D eigenvalue weighted by Crippen LogP contribution is -2.08.